The van der Waals surface area contributed by atoms with Crippen LogP contribution in [0.3, 0.4) is 0 Å². The number of rotatable bonds is 7. The molecule has 27 heavy (non-hydrogen) atoms. The third kappa shape index (κ3) is 4.77. The van der Waals surface area contributed by atoms with E-state index < -0.39 is 0 Å². The SMILES string of the molecule is C=CCn1c(SCC(=O)N[C@@H]2CCCC[C@@H]2C)nnc1-c1ccccc1F. The number of nitrogens with zero attached hydrogens (tertiary/aromatic N) is 3. The van der Waals surface area contributed by atoms with Gasteiger partial charge in [0, 0.05) is 12.6 Å². The molecule has 0 radical (unpaired) electrons. The average molecular weight is 389 g/mol. The zero-order chi connectivity index (χ0) is 19.2. The van der Waals surface area contributed by atoms with Crippen LogP contribution >= 0.6 is 11.8 Å². The van der Waals surface area contributed by atoms with E-state index in [-0.39, 0.29) is 23.5 Å². The molecule has 0 saturated heterocycles. The van der Waals surface area contributed by atoms with Gasteiger partial charge in [-0.15, -0.1) is 16.8 Å². The van der Waals surface area contributed by atoms with Crippen molar-refractivity contribution < 1.29 is 9.18 Å². The van der Waals surface area contributed by atoms with Crippen molar-refractivity contribution in [3.8, 4) is 11.4 Å². The zero-order valence-corrected chi connectivity index (χ0v) is 16.3. The highest BCUT2D eigenvalue weighted by Crippen LogP contribution is 2.27. The van der Waals surface area contributed by atoms with Gasteiger partial charge >= 0.3 is 0 Å². The first-order chi connectivity index (χ1) is 13.1. The molecule has 0 spiro atoms. The highest BCUT2D eigenvalue weighted by atomic mass is 32.2. The van der Waals surface area contributed by atoms with Crippen LogP contribution in [0, 0.1) is 11.7 Å². The average Bonchev–Trinajstić information content (AvgIpc) is 3.05. The van der Waals surface area contributed by atoms with Gasteiger partial charge in [-0.1, -0.05) is 49.7 Å². The lowest BCUT2D eigenvalue weighted by Gasteiger charge is -2.29. The van der Waals surface area contributed by atoms with Crippen molar-refractivity contribution in [1.82, 2.24) is 20.1 Å². The molecule has 0 unspecified atom stereocenters. The molecule has 1 aromatic heterocycles. The Labute approximate surface area is 163 Å². The number of allylic oxidation sites excluding steroid dienone is 1. The molecule has 1 aliphatic rings. The fourth-order valence-corrected chi connectivity index (χ4v) is 4.20. The molecule has 1 aromatic carbocycles. The third-order valence-corrected chi connectivity index (χ3v) is 5.90. The van der Waals surface area contributed by atoms with Gasteiger partial charge in [-0.25, -0.2) is 4.39 Å². The first-order valence-corrected chi connectivity index (χ1v) is 10.3. The molecule has 5 nitrogen and oxygen atoms in total. The Morgan fingerprint density at radius 1 is 1.37 bits per heavy atom. The van der Waals surface area contributed by atoms with Gasteiger partial charge in [0.2, 0.25) is 5.91 Å². The first-order valence-electron chi connectivity index (χ1n) is 9.31. The first kappa shape index (κ1) is 19.6. The van der Waals surface area contributed by atoms with E-state index in [9.17, 15) is 9.18 Å². The van der Waals surface area contributed by atoms with Crippen molar-refractivity contribution in [2.24, 2.45) is 5.92 Å². The molecule has 7 heteroatoms. The topological polar surface area (TPSA) is 59.8 Å². The van der Waals surface area contributed by atoms with Gasteiger partial charge in [-0.2, -0.15) is 0 Å². The maximum atomic E-state index is 14.1. The standard InChI is InChI=1S/C20H25FN4OS/c1-3-12-25-19(15-9-5-6-10-16(15)21)23-24-20(25)27-13-18(26)22-17-11-7-4-8-14(17)2/h3,5-6,9-10,14,17H,1,4,7-8,11-13H2,2H3,(H,22,26)/t14-,17+/m0/s1. The Balaban J connectivity index is 1.69. The summed E-state index contributed by atoms with van der Waals surface area (Å²) in [7, 11) is 0. The second-order valence-electron chi connectivity index (χ2n) is 6.91. The van der Waals surface area contributed by atoms with E-state index in [1.807, 2.05) is 0 Å². The predicted molar refractivity (Wildman–Crippen MR) is 106 cm³/mol. The van der Waals surface area contributed by atoms with Crippen molar-refractivity contribution >= 4 is 17.7 Å². The van der Waals surface area contributed by atoms with Gasteiger partial charge in [-0.3, -0.25) is 9.36 Å². The van der Waals surface area contributed by atoms with Crippen LogP contribution in [0.15, 0.2) is 42.1 Å². The molecule has 1 fully saturated rings. The molecule has 3 rings (SSSR count). The number of hydrogen-bond acceptors (Lipinski definition) is 4. The largest absolute Gasteiger partial charge is 0.352 e. The summed E-state index contributed by atoms with van der Waals surface area (Å²) in [6, 6.07) is 6.72. The van der Waals surface area contributed by atoms with Crippen LogP contribution in [0.5, 0.6) is 0 Å². The number of thioether (sulfide) groups is 1. The van der Waals surface area contributed by atoms with Crippen LogP contribution in [0.4, 0.5) is 4.39 Å². The lowest BCUT2D eigenvalue weighted by molar-refractivity contribution is -0.119. The highest BCUT2D eigenvalue weighted by molar-refractivity contribution is 7.99. The molecule has 2 aromatic rings. The van der Waals surface area contributed by atoms with Gasteiger partial charge in [0.05, 0.1) is 11.3 Å². The van der Waals surface area contributed by atoms with E-state index in [1.54, 1.807) is 28.8 Å². The number of halogens is 1. The van der Waals surface area contributed by atoms with Gasteiger partial charge in [0.1, 0.15) is 5.82 Å². The molecule has 0 bridgehead atoms. The number of amides is 1. The van der Waals surface area contributed by atoms with E-state index in [4.69, 9.17) is 0 Å². The molecular weight excluding hydrogens is 363 g/mol. The number of carbonyl (C=O) groups excluding carboxylic acids is 1. The van der Waals surface area contributed by atoms with E-state index in [2.05, 4.69) is 29.0 Å². The molecule has 1 aliphatic carbocycles. The van der Waals surface area contributed by atoms with Crippen LogP contribution in [-0.4, -0.2) is 32.5 Å². The Morgan fingerprint density at radius 3 is 2.89 bits per heavy atom. The van der Waals surface area contributed by atoms with Gasteiger partial charge in [-0.05, 0) is 30.9 Å². The number of benzene rings is 1. The second kappa shape index (κ2) is 9.17. The monoisotopic (exact) mass is 388 g/mol. The molecule has 144 valence electrons. The Morgan fingerprint density at radius 2 is 2.15 bits per heavy atom. The number of carbonyl (C=O) groups is 1. The minimum absolute atomic E-state index is 0.000607. The lowest BCUT2D eigenvalue weighted by Crippen LogP contribution is -2.41. The Kier molecular flexibility index (Phi) is 6.66. The lowest BCUT2D eigenvalue weighted by atomic mass is 9.86. The van der Waals surface area contributed by atoms with Crippen molar-refractivity contribution in [1.29, 1.82) is 0 Å². The fraction of sp³-hybridized carbons (Fsp3) is 0.450. The van der Waals surface area contributed by atoms with Crippen LogP contribution in [0.25, 0.3) is 11.4 Å². The van der Waals surface area contributed by atoms with E-state index in [0.717, 1.165) is 12.8 Å². The minimum Gasteiger partial charge on any atom is -0.352 e. The number of nitrogens with one attached hydrogen (secondary N) is 1. The van der Waals surface area contributed by atoms with Crippen molar-refractivity contribution in [2.45, 2.75) is 50.4 Å². The minimum atomic E-state index is -0.351. The maximum Gasteiger partial charge on any atom is 0.230 e. The zero-order valence-electron chi connectivity index (χ0n) is 15.5. The second-order valence-corrected chi connectivity index (χ2v) is 7.85. The summed E-state index contributed by atoms with van der Waals surface area (Å²) in [5.41, 5.74) is 0.388. The summed E-state index contributed by atoms with van der Waals surface area (Å²) >= 11 is 1.31. The van der Waals surface area contributed by atoms with Gasteiger partial charge in [0.15, 0.2) is 11.0 Å². The molecule has 1 saturated carbocycles. The summed E-state index contributed by atoms with van der Waals surface area (Å²) in [5, 5.41) is 12.0. The summed E-state index contributed by atoms with van der Waals surface area (Å²) in [4.78, 5) is 12.4. The number of aromatic nitrogens is 3. The summed E-state index contributed by atoms with van der Waals surface area (Å²) in [6.07, 6.45) is 6.33. The molecule has 1 N–H and O–H groups in total. The maximum absolute atomic E-state index is 14.1. The van der Waals surface area contributed by atoms with Crippen LogP contribution in [0.2, 0.25) is 0 Å². The van der Waals surface area contributed by atoms with E-state index in [0.29, 0.717) is 29.0 Å². The van der Waals surface area contributed by atoms with Gasteiger partial charge < -0.3 is 5.32 Å². The number of hydrogen-bond donors (Lipinski definition) is 1. The fourth-order valence-electron chi connectivity index (χ4n) is 3.44. The molecule has 1 heterocycles. The third-order valence-electron chi connectivity index (χ3n) is 4.93. The van der Waals surface area contributed by atoms with Crippen LogP contribution in [0.1, 0.15) is 32.6 Å². The van der Waals surface area contributed by atoms with Crippen molar-refractivity contribution in [3.63, 3.8) is 0 Å². The predicted octanol–water partition coefficient (Wildman–Crippen LogP) is 4.06. The summed E-state index contributed by atoms with van der Waals surface area (Å²) in [6.45, 7) is 6.39. The van der Waals surface area contributed by atoms with Crippen molar-refractivity contribution in [2.75, 3.05) is 5.75 Å². The van der Waals surface area contributed by atoms with E-state index >= 15 is 0 Å². The Hall–Kier alpha value is -2.15. The van der Waals surface area contributed by atoms with Crippen molar-refractivity contribution in [3.05, 3.63) is 42.7 Å². The smallest absolute Gasteiger partial charge is 0.230 e. The van der Waals surface area contributed by atoms with Gasteiger partial charge in [0.25, 0.3) is 0 Å². The summed E-state index contributed by atoms with van der Waals surface area (Å²) < 4.78 is 15.9. The molecule has 1 amide bonds. The summed E-state index contributed by atoms with van der Waals surface area (Å²) in [5.74, 6) is 0.868. The Bertz CT molecular complexity index is 807. The van der Waals surface area contributed by atoms with E-state index in [1.165, 1.54) is 30.7 Å². The molecule has 2 atom stereocenters. The normalized spacial score (nSPS) is 19.6. The van der Waals surface area contributed by atoms with Crippen LogP contribution in [-0.2, 0) is 11.3 Å². The highest BCUT2D eigenvalue weighted by Gasteiger charge is 2.23. The quantitative estimate of drug-likeness (QED) is 0.574. The molecular formula is C20H25FN4OS. The van der Waals surface area contributed by atoms with Crippen LogP contribution < -0.4 is 5.32 Å². The molecule has 0 aliphatic heterocycles.